The Morgan fingerprint density at radius 3 is 1.57 bits per heavy atom. The van der Waals surface area contributed by atoms with E-state index in [-0.39, 0.29) is 17.1 Å². The highest BCUT2D eigenvalue weighted by Crippen LogP contribution is 2.03. The molecule has 120 valence electrons. The third kappa shape index (κ3) is 6.01. The fourth-order valence-corrected chi connectivity index (χ4v) is 1.54. The second kappa shape index (κ2) is 8.99. The zero-order valence-corrected chi connectivity index (χ0v) is 12.4. The third-order valence-corrected chi connectivity index (χ3v) is 2.66. The summed E-state index contributed by atoms with van der Waals surface area (Å²) < 4.78 is 4.79. The standard InChI is InChI=1S/C9H10O2.C8H6O4/c1-2-11-9(10)8-6-4-3-5-7-8;9-7(10)5-1-2-6(4-3-5)8(11)12/h3-7H,2H2,1H3;1-4H,(H,9,10)(H,11,12). The van der Waals surface area contributed by atoms with Gasteiger partial charge < -0.3 is 14.9 Å². The van der Waals surface area contributed by atoms with Crippen molar-refractivity contribution in [3.63, 3.8) is 0 Å². The van der Waals surface area contributed by atoms with E-state index in [1.807, 2.05) is 18.2 Å². The molecule has 0 aliphatic carbocycles. The fourth-order valence-electron chi connectivity index (χ4n) is 1.54. The monoisotopic (exact) mass is 316 g/mol. The van der Waals surface area contributed by atoms with Gasteiger partial charge in [-0.2, -0.15) is 0 Å². The van der Waals surface area contributed by atoms with Crippen molar-refractivity contribution in [2.75, 3.05) is 6.61 Å². The lowest BCUT2D eigenvalue weighted by atomic mass is 10.1. The molecule has 0 aromatic heterocycles. The summed E-state index contributed by atoms with van der Waals surface area (Å²) >= 11 is 0. The van der Waals surface area contributed by atoms with Crippen molar-refractivity contribution in [3.05, 3.63) is 71.3 Å². The number of benzene rings is 2. The first-order valence-electron chi connectivity index (χ1n) is 6.74. The van der Waals surface area contributed by atoms with Gasteiger partial charge in [0.25, 0.3) is 0 Å². The summed E-state index contributed by atoms with van der Waals surface area (Å²) in [6, 6.07) is 14.0. The van der Waals surface area contributed by atoms with Crippen LogP contribution in [0.2, 0.25) is 0 Å². The first kappa shape index (κ1) is 17.9. The molecule has 0 aliphatic heterocycles. The molecule has 0 amide bonds. The van der Waals surface area contributed by atoms with Crippen molar-refractivity contribution in [3.8, 4) is 0 Å². The number of rotatable bonds is 4. The van der Waals surface area contributed by atoms with Crippen LogP contribution in [0.3, 0.4) is 0 Å². The number of carboxylic acids is 2. The molecule has 0 saturated heterocycles. The average Bonchev–Trinajstić information content (AvgIpc) is 2.56. The molecule has 0 radical (unpaired) electrons. The first-order valence-corrected chi connectivity index (χ1v) is 6.74. The summed E-state index contributed by atoms with van der Waals surface area (Å²) in [5, 5.41) is 16.9. The Bertz CT molecular complexity index is 628. The summed E-state index contributed by atoms with van der Waals surface area (Å²) in [7, 11) is 0. The third-order valence-electron chi connectivity index (χ3n) is 2.66. The number of esters is 1. The zero-order valence-electron chi connectivity index (χ0n) is 12.4. The highest BCUT2D eigenvalue weighted by Gasteiger charge is 2.05. The second-order valence-corrected chi connectivity index (χ2v) is 4.27. The largest absolute Gasteiger partial charge is 0.478 e. The van der Waals surface area contributed by atoms with E-state index in [0.717, 1.165) is 0 Å². The first-order chi connectivity index (χ1) is 11.0. The number of aromatic carboxylic acids is 2. The normalized spacial score (nSPS) is 9.26. The Morgan fingerprint density at radius 1 is 0.783 bits per heavy atom. The maximum atomic E-state index is 11.0. The van der Waals surface area contributed by atoms with E-state index in [1.165, 1.54) is 24.3 Å². The van der Waals surface area contributed by atoms with Gasteiger partial charge in [-0.25, -0.2) is 14.4 Å². The number of carbonyl (C=O) groups is 3. The van der Waals surface area contributed by atoms with Crippen molar-refractivity contribution in [1.29, 1.82) is 0 Å². The Kier molecular flexibility index (Phi) is 7.00. The lowest BCUT2D eigenvalue weighted by Gasteiger charge is -1.99. The van der Waals surface area contributed by atoms with Crippen LogP contribution in [0.5, 0.6) is 0 Å². The minimum atomic E-state index is -1.06. The summed E-state index contributed by atoms with van der Waals surface area (Å²) in [4.78, 5) is 31.7. The molecule has 2 aromatic carbocycles. The molecule has 0 fully saturated rings. The average molecular weight is 316 g/mol. The zero-order chi connectivity index (χ0) is 17.2. The number of hydrogen-bond donors (Lipinski definition) is 2. The Hall–Kier alpha value is -3.15. The van der Waals surface area contributed by atoms with Crippen molar-refractivity contribution >= 4 is 17.9 Å². The molecule has 0 saturated carbocycles. The van der Waals surface area contributed by atoms with Crippen molar-refractivity contribution in [2.24, 2.45) is 0 Å². The molecule has 23 heavy (non-hydrogen) atoms. The molecule has 0 atom stereocenters. The lowest BCUT2D eigenvalue weighted by Crippen LogP contribution is -2.03. The molecule has 2 aromatic rings. The van der Waals surface area contributed by atoms with Crippen molar-refractivity contribution < 1.29 is 29.3 Å². The van der Waals surface area contributed by atoms with Crippen LogP contribution in [0.25, 0.3) is 0 Å². The predicted octanol–water partition coefficient (Wildman–Crippen LogP) is 2.95. The summed E-state index contributed by atoms with van der Waals surface area (Å²) in [5.41, 5.74) is 0.773. The van der Waals surface area contributed by atoms with Gasteiger partial charge in [-0.15, -0.1) is 0 Å². The van der Waals surface area contributed by atoms with Crippen LogP contribution in [-0.2, 0) is 4.74 Å². The van der Waals surface area contributed by atoms with E-state index in [2.05, 4.69) is 0 Å². The van der Waals surface area contributed by atoms with Crippen LogP contribution in [0.1, 0.15) is 38.0 Å². The van der Waals surface area contributed by atoms with Gasteiger partial charge in [-0.1, -0.05) is 18.2 Å². The lowest BCUT2D eigenvalue weighted by molar-refractivity contribution is 0.0525. The van der Waals surface area contributed by atoms with Gasteiger partial charge in [-0.05, 0) is 43.3 Å². The molecule has 0 heterocycles. The molecule has 0 spiro atoms. The van der Waals surface area contributed by atoms with Crippen LogP contribution in [-0.4, -0.2) is 34.7 Å². The number of ether oxygens (including phenoxy) is 1. The smallest absolute Gasteiger partial charge is 0.338 e. The van der Waals surface area contributed by atoms with Crippen LogP contribution >= 0.6 is 0 Å². The van der Waals surface area contributed by atoms with Gasteiger partial charge in [-0.3, -0.25) is 0 Å². The molecule has 0 unspecified atom stereocenters. The number of hydrogen-bond acceptors (Lipinski definition) is 4. The summed E-state index contributed by atoms with van der Waals surface area (Å²) in [6.45, 7) is 2.22. The van der Waals surface area contributed by atoms with Crippen molar-refractivity contribution in [2.45, 2.75) is 6.92 Å². The SMILES string of the molecule is CCOC(=O)c1ccccc1.O=C(O)c1ccc(C(=O)O)cc1. The van der Waals surface area contributed by atoms with E-state index >= 15 is 0 Å². The van der Waals surface area contributed by atoms with Gasteiger partial charge in [0.1, 0.15) is 0 Å². The van der Waals surface area contributed by atoms with Crippen LogP contribution < -0.4 is 0 Å². The van der Waals surface area contributed by atoms with Gasteiger partial charge >= 0.3 is 17.9 Å². The van der Waals surface area contributed by atoms with E-state index in [9.17, 15) is 14.4 Å². The van der Waals surface area contributed by atoms with E-state index < -0.39 is 11.9 Å². The van der Waals surface area contributed by atoms with Crippen LogP contribution in [0.15, 0.2) is 54.6 Å². The molecule has 6 nitrogen and oxygen atoms in total. The van der Waals surface area contributed by atoms with Gasteiger partial charge in [0, 0.05) is 0 Å². The van der Waals surface area contributed by atoms with Gasteiger partial charge in [0.2, 0.25) is 0 Å². The molecular weight excluding hydrogens is 300 g/mol. The van der Waals surface area contributed by atoms with Gasteiger partial charge in [0.05, 0.1) is 23.3 Å². The minimum absolute atomic E-state index is 0.0833. The fraction of sp³-hybridized carbons (Fsp3) is 0.118. The molecule has 0 bridgehead atoms. The highest BCUT2D eigenvalue weighted by atomic mass is 16.5. The molecule has 6 heteroatoms. The predicted molar refractivity (Wildman–Crippen MR) is 82.8 cm³/mol. The van der Waals surface area contributed by atoms with E-state index in [4.69, 9.17) is 14.9 Å². The number of carbonyl (C=O) groups excluding carboxylic acids is 1. The maximum absolute atomic E-state index is 11.0. The molecule has 2 N–H and O–H groups in total. The molecule has 0 aliphatic rings. The second-order valence-electron chi connectivity index (χ2n) is 4.27. The highest BCUT2D eigenvalue weighted by molar-refractivity contribution is 5.91. The Morgan fingerprint density at radius 2 is 1.22 bits per heavy atom. The minimum Gasteiger partial charge on any atom is -0.478 e. The molecule has 2 rings (SSSR count). The van der Waals surface area contributed by atoms with Gasteiger partial charge in [0.15, 0.2) is 0 Å². The Labute approximate surface area is 133 Å². The van der Waals surface area contributed by atoms with Crippen LogP contribution in [0.4, 0.5) is 0 Å². The van der Waals surface area contributed by atoms with E-state index in [0.29, 0.717) is 12.2 Å². The topological polar surface area (TPSA) is 101 Å². The quantitative estimate of drug-likeness (QED) is 0.841. The van der Waals surface area contributed by atoms with Crippen molar-refractivity contribution in [1.82, 2.24) is 0 Å². The van der Waals surface area contributed by atoms with Crippen LogP contribution in [0, 0.1) is 0 Å². The summed E-state index contributed by atoms with van der Waals surface area (Å²) in [6.07, 6.45) is 0. The summed E-state index contributed by atoms with van der Waals surface area (Å²) in [5.74, 6) is -2.38. The van der Waals surface area contributed by atoms with E-state index in [1.54, 1.807) is 19.1 Å². The maximum Gasteiger partial charge on any atom is 0.338 e. The molecular formula is C17H16O6. The number of carboxylic acid groups (broad SMARTS) is 2. The Balaban J connectivity index is 0.000000231.